The Kier molecular flexibility index (Phi) is 9.08. The molecule has 11 nitrogen and oxygen atoms in total. The van der Waals surface area contributed by atoms with E-state index in [0.29, 0.717) is 5.06 Å². The van der Waals surface area contributed by atoms with E-state index in [2.05, 4.69) is 0 Å². The summed E-state index contributed by atoms with van der Waals surface area (Å²) in [7, 11) is 0. The van der Waals surface area contributed by atoms with Crippen LogP contribution in [0.2, 0.25) is 0 Å². The monoisotopic (exact) mass is 463 g/mol. The molecule has 0 unspecified atom stereocenters. The van der Waals surface area contributed by atoms with Crippen molar-refractivity contribution < 1.29 is 47.8 Å². The van der Waals surface area contributed by atoms with Gasteiger partial charge in [0.25, 0.3) is 11.8 Å². The number of nitrogens with zero attached hydrogens (tertiary/aromatic N) is 1. The van der Waals surface area contributed by atoms with Crippen LogP contribution < -0.4 is 0 Å². The standard InChI is InChI=1S/C22H25NO10/c1-13(2)12-30-21(28)16(31-14(3)24)11-19(27)32-20(15-7-5-4-6-8-15)22(29)33-23-17(25)9-10-18(23)26/h4-8,13,16,20H,9-12H2,1-3H3/t16-,20-/m0/s1. The Bertz CT molecular complexity index is 895. The summed E-state index contributed by atoms with van der Waals surface area (Å²) in [6.07, 6.45) is -4.17. The molecule has 0 saturated carbocycles. The lowest BCUT2D eigenvalue weighted by atomic mass is 10.1. The number of hydrogen-bond donors (Lipinski definition) is 0. The van der Waals surface area contributed by atoms with Crippen molar-refractivity contribution in [1.82, 2.24) is 5.06 Å². The van der Waals surface area contributed by atoms with Gasteiger partial charge in [0.15, 0.2) is 0 Å². The van der Waals surface area contributed by atoms with Crippen LogP contribution in [0.4, 0.5) is 0 Å². The zero-order valence-corrected chi connectivity index (χ0v) is 18.5. The highest BCUT2D eigenvalue weighted by Gasteiger charge is 2.37. The third-order valence-corrected chi connectivity index (χ3v) is 4.23. The van der Waals surface area contributed by atoms with Gasteiger partial charge in [-0.25, -0.2) is 9.59 Å². The summed E-state index contributed by atoms with van der Waals surface area (Å²) in [5.41, 5.74) is 0.196. The van der Waals surface area contributed by atoms with Crippen LogP contribution >= 0.6 is 0 Å². The average Bonchev–Trinajstić information content (AvgIpc) is 3.07. The van der Waals surface area contributed by atoms with E-state index in [4.69, 9.17) is 19.0 Å². The summed E-state index contributed by atoms with van der Waals surface area (Å²) in [4.78, 5) is 77.2. The molecule has 1 heterocycles. The SMILES string of the molecule is CC(=O)O[C@@H](CC(=O)O[C@H](C(=O)ON1C(=O)CCC1=O)c1ccccc1)C(=O)OCC(C)C. The molecule has 0 spiro atoms. The molecule has 2 atom stereocenters. The Balaban J connectivity index is 2.15. The van der Waals surface area contributed by atoms with E-state index in [9.17, 15) is 28.8 Å². The van der Waals surface area contributed by atoms with Crippen molar-refractivity contribution in [2.45, 2.75) is 52.2 Å². The molecule has 1 aliphatic heterocycles. The molecular formula is C22H25NO10. The van der Waals surface area contributed by atoms with Gasteiger partial charge < -0.3 is 19.0 Å². The minimum absolute atomic E-state index is 0.00659. The highest BCUT2D eigenvalue weighted by atomic mass is 16.7. The fraction of sp³-hybridized carbons (Fsp3) is 0.455. The molecule has 0 aliphatic carbocycles. The Labute approximate surface area is 189 Å². The summed E-state index contributed by atoms with van der Waals surface area (Å²) in [5.74, 6) is -5.42. The quantitative estimate of drug-likeness (QED) is 0.284. The van der Waals surface area contributed by atoms with Crippen molar-refractivity contribution in [3.8, 4) is 0 Å². The number of carbonyl (C=O) groups is 6. The molecule has 1 aliphatic rings. The fourth-order valence-corrected chi connectivity index (χ4v) is 2.72. The number of carbonyl (C=O) groups excluding carboxylic acids is 6. The van der Waals surface area contributed by atoms with E-state index in [1.165, 1.54) is 12.1 Å². The van der Waals surface area contributed by atoms with Crippen LogP contribution in [0.25, 0.3) is 0 Å². The van der Waals surface area contributed by atoms with Gasteiger partial charge in [0.1, 0.15) is 0 Å². The van der Waals surface area contributed by atoms with Gasteiger partial charge in [0, 0.05) is 25.3 Å². The highest BCUT2D eigenvalue weighted by molar-refractivity contribution is 6.01. The lowest BCUT2D eigenvalue weighted by Gasteiger charge is -2.21. The second-order valence-corrected chi connectivity index (χ2v) is 7.60. The first kappa shape index (κ1) is 25.5. The molecule has 11 heteroatoms. The molecule has 2 amide bonds. The molecule has 0 aromatic heterocycles. The fourth-order valence-electron chi connectivity index (χ4n) is 2.72. The van der Waals surface area contributed by atoms with E-state index in [1.54, 1.807) is 32.0 Å². The van der Waals surface area contributed by atoms with E-state index in [1.807, 2.05) is 0 Å². The van der Waals surface area contributed by atoms with Crippen molar-refractivity contribution in [3.05, 3.63) is 35.9 Å². The van der Waals surface area contributed by atoms with Gasteiger partial charge in [-0.2, -0.15) is 0 Å². The summed E-state index contributed by atoms with van der Waals surface area (Å²) < 4.78 is 15.1. The Morgan fingerprint density at radius 1 is 0.939 bits per heavy atom. The smallest absolute Gasteiger partial charge is 0.378 e. The first-order chi connectivity index (χ1) is 15.6. The average molecular weight is 463 g/mol. The summed E-state index contributed by atoms with van der Waals surface area (Å²) in [5, 5.41) is 0.330. The van der Waals surface area contributed by atoms with Gasteiger partial charge in [0.05, 0.1) is 13.0 Å². The van der Waals surface area contributed by atoms with Crippen LogP contribution in [-0.4, -0.2) is 53.5 Å². The molecule has 1 saturated heterocycles. The van der Waals surface area contributed by atoms with Crippen LogP contribution in [0.15, 0.2) is 30.3 Å². The normalized spacial score (nSPS) is 15.1. The number of amides is 2. The highest BCUT2D eigenvalue weighted by Crippen LogP contribution is 2.23. The number of ether oxygens (including phenoxy) is 3. The maximum atomic E-state index is 12.7. The molecule has 33 heavy (non-hydrogen) atoms. The third-order valence-electron chi connectivity index (χ3n) is 4.23. The Morgan fingerprint density at radius 2 is 1.55 bits per heavy atom. The summed E-state index contributed by atoms with van der Waals surface area (Å²) in [6, 6.07) is 7.73. The molecule has 2 rings (SSSR count). The second kappa shape index (κ2) is 11.7. The zero-order valence-electron chi connectivity index (χ0n) is 18.5. The summed E-state index contributed by atoms with van der Waals surface area (Å²) >= 11 is 0. The van der Waals surface area contributed by atoms with E-state index < -0.39 is 54.3 Å². The van der Waals surface area contributed by atoms with Crippen LogP contribution in [0.1, 0.15) is 51.7 Å². The Hall–Kier alpha value is -3.76. The molecule has 1 aromatic rings. The number of rotatable bonds is 10. The molecule has 0 radical (unpaired) electrons. The van der Waals surface area contributed by atoms with Gasteiger partial charge in [-0.05, 0) is 5.92 Å². The van der Waals surface area contributed by atoms with Crippen molar-refractivity contribution in [1.29, 1.82) is 0 Å². The topological polar surface area (TPSA) is 143 Å². The number of benzene rings is 1. The van der Waals surface area contributed by atoms with Gasteiger partial charge in [-0.1, -0.05) is 44.2 Å². The molecular weight excluding hydrogens is 438 g/mol. The number of hydrogen-bond acceptors (Lipinski definition) is 10. The molecule has 0 N–H and O–H groups in total. The van der Waals surface area contributed by atoms with Crippen molar-refractivity contribution in [2.75, 3.05) is 6.61 Å². The predicted octanol–water partition coefficient (Wildman–Crippen LogP) is 1.40. The first-order valence-electron chi connectivity index (χ1n) is 10.2. The van der Waals surface area contributed by atoms with Gasteiger partial charge >= 0.3 is 23.9 Å². The van der Waals surface area contributed by atoms with Gasteiger partial charge in [-0.15, -0.1) is 5.06 Å². The van der Waals surface area contributed by atoms with E-state index in [-0.39, 0.29) is 30.9 Å². The van der Waals surface area contributed by atoms with Crippen molar-refractivity contribution in [2.24, 2.45) is 5.92 Å². The Morgan fingerprint density at radius 3 is 2.09 bits per heavy atom. The minimum Gasteiger partial charge on any atom is -0.463 e. The van der Waals surface area contributed by atoms with Crippen LogP contribution in [0.3, 0.4) is 0 Å². The van der Waals surface area contributed by atoms with Crippen LogP contribution in [0.5, 0.6) is 0 Å². The predicted molar refractivity (Wildman–Crippen MR) is 108 cm³/mol. The molecule has 1 fully saturated rings. The maximum Gasteiger partial charge on any atom is 0.378 e. The molecule has 0 bridgehead atoms. The van der Waals surface area contributed by atoms with E-state index in [0.717, 1.165) is 6.92 Å². The van der Waals surface area contributed by atoms with Gasteiger partial charge in [-0.3, -0.25) is 19.2 Å². The third kappa shape index (κ3) is 7.70. The number of imide groups is 1. The lowest BCUT2D eigenvalue weighted by molar-refractivity contribution is -0.206. The van der Waals surface area contributed by atoms with Crippen molar-refractivity contribution >= 4 is 35.7 Å². The molecule has 1 aromatic carbocycles. The first-order valence-corrected chi connectivity index (χ1v) is 10.2. The van der Waals surface area contributed by atoms with E-state index >= 15 is 0 Å². The number of hydroxylamine groups is 2. The maximum absolute atomic E-state index is 12.7. The number of esters is 3. The zero-order chi connectivity index (χ0) is 24.5. The van der Waals surface area contributed by atoms with Crippen LogP contribution in [-0.2, 0) is 47.8 Å². The summed E-state index contributed by atoms with van der Waals surface area (Å²) in [6.45, 7) is 4.70. The lowest BCUT2D eigenvalue weighted by Crippen LogP contribution is -2.36. The largest absolute Gasteiger partial charge is 0.463 e. The van der Waals surface area contributed by atoms with Crippen LogP contribution in [0, 0.1) is 5.92 Å². The second-order valence-electron chi connectivity index (χ2n) is 7.60. The molecule has 178 valence electrons. The van der Waals surface area contributed by atoms with Gasteiger partial charge in [0.2, 0.25) is 12.2 Å². The minimum atomic E-state index is -1.65. The van der Waals surface area contributed by atoms with Crippen molar-refractivity contribution in [3.63, 3.8) is 0 Å².